The summed E-state index contributed by atoms with van der Waals surface area (Å²) in [6.45, 7) is 9.20. The Kier molecular flexibility index (Phi) is 6.75. The first-order valence-corrected chi connectivity index (χ1v) is 8.98. The first kappa shape index (κ1) is 18.1. The largest absolute Gasteiger partial charge is 1.00 e. The van der Waals surface area contributed by atoms with E-state index >= 15 is 0 Å². The zero-order chi connectivity index (χ0) is 15.4. The minimum absolute atomic E-state index is 0. The van der Waals surface area contributed by atoms with Crippen molar-refractivity contribution in [2.45, 2.75) is 30.1 Å². The summed E-state index contributed by atoms with van der Waals surface area (Å²) in [6.07, 6.45) is 3.09. The van der Waals surface area contributed by atoms with Gasteiger partial charge in [0.15, 0.2) is 0 Å². The molecule has 3 nitrogen and oxygen atoms in total. The molecule has 2 aromatic rings. The van der Waals surface area contributed by atoms with Crippen LogP contribution in [0.3, 0.4) is 0 Å². The highest BCUT2D eigenvalue weighted by atomic mass is 35.5. The van der Waals surface area contributed by atoms with E-state index in [1.807, 2.05) is 24.0 Å². The highest BCUT2D eigenvalue weighted by Gasteiger charge is 2.23. The first-order chi connectivity index (χ1) is 10.8. The van der Waals surface area contributed by atoms with Crippen LogP contribution in [0.4, 0.5) is 11.5 Å². The summed E-state index contributed by atoms with van der Waals surface area (Å²) in [7, 11) is 0. The van der Waals surface area contributed by atoms with E-state index in [0.717, 1.165) is 12.4 Å². The molecule has 3 rings (SSSR count). The fourth-order valence-corrected chi connectivity index (χ4v) is 4.05. The molecule has 0 fully saturated rings. The molecular weight excluding hydrogens is 326 g/mol. The van der Waals surface area contributed by atoms with Crippen molar-refractivity contribution >= 4 is 23.3 Å². The van der Waals surface area contributed by atoms with Crippen LogP contribution in [0.15, 0.2) is 52.4 Å². The molecule has 0 amide bonds. The first-order valence-electron chi connectivity index (χ1n) is 8.16. The fourth-order valence-electron chi connectivity index (χ4n) is 2.98. The average molecular weight is 350 g/mol. The number of pyridine rings is 1. The summed E-state index contributed by atoms with van der Waals surface area (Å²) in [6, 6.07) is 12.9. The Morgan fingerprint density at radius 3 is 2.57 bits per heavy atom. The van der Waals surface area contributed by atoms with Gasteiger partial charge in [0.05, 0.1) is 30.2 Å². The molecule has 1 aromatic heterocycles. The van der Waals surface area contributed by atoms with E-state index in [1.54, 1.807) is 4.90 Å². The minimum atomic E-state index is 0. The number of fused-ring (bicyclic) bond motifs is 2. The van der Waals surface area contributed by atoms with E-state index < -0.39 is 0 Å². The lowest BCUT2D eigenvalue weighted by Gasteiger charge is -2.31. The van der Waals surface area contributed by atoms with Crippen LogP contribution in [0, 0.1) is 0 Å². The minimum Gasteiger partial charge on any atom is -1.00 e. The Balaban J connectivity index is 0.00000192. The van der Waals surface area contributed by atoms with Crippen molar-refractivity contribution < 1.29 is 17.3 Å². The predicted octanol–water partition coefficient (Wildman–Crippen LogP) is 0.00310. The third-order valence-corrected chi connectivity index (χ3v) is 5.40. The Bertz CT molecular complexity index is 586. The molecule has 1 aliphatic rings. The zero-order valence-corrected chi connectivity index (χ0v) is 15.3. The predicted molar refractivity (Wildman–Crippen MR) is 93.3 cm³/mol. The molecule has 1 aromatic carbocycles. The summed E-state index contributed by atoms with van der Waals surface area (Å²) in [5, 5.41) is 0. The highest BCUT2D eigenvalue weighted by molar-refractivity contribution is 7.99. The second kappa shape index (κ2) is 8.57. The van der Waals surface area contributed by atoms with Crippen LogP contribution in [0.2, 0.25) is 0 Å². The van der Waals surface area contributed by atoms with Crippen molar-refractivity contribution in [2.75, 3.05) is 31.1 Å². The van der Waals surface area contributed by atoms with E-state index in [4.69, 9.17) is 0 Å². The second-order valence-corrected chi connectivity index (χ2v) is 6.69. The van der Waals surface area contributed by atoms with Gasteiger partial charge in [0, 0.05) is 24.1 Å². The average Bonchev–Trinajstić information content (AvgIpc) is 2.58. The van der Waals surface area contributed by atoms with Gasteiger partial charge in [-0.1, -0.05) is 23.9 Å². The van der Waals surface area contributed by atoms with Gasteiger partial charge in [0.2, 0.25) is 0 Å². The monoisotopic (exact) mass is 349 g/mol. The van der Waals surface area contributed by atoms with E-state index in [0.29, 0.717) is 0 Å². The summed E-state index contributed by atoms with van der Waals surface area (Å²) >= 11 is 1.83. The van der Waals surface area contributed by atoms with Crippen LogP contribution in [-0.4, -0.2) is 31.2 Å². The number of anilines is 2. The van der Waals surface area contributed by atoms with Gasteiger partial charge in [-0.25, -0.2) is 4.98 Å². The van der Waals surface area contributed by atoms with Crippen LogP contribution in [0.25, 0.3) is 0 Å². The molecule has 0 aliphatic carbocycles. The van der Waals surface area contributed by atoms with Gasteiger partial charge in [-0.15, -0.1) is 0 Å². The van der Waals surface area contributed by atoms with Crippen LogP contribution < -0.4 is 22.2 Å². The number of aromatic nitrogens is 1. The van der Waals surface area contributed by atoms with Crippen LogP contribution >= 0.6 is 11.8 Å². The number of hydrogen-bond donors (Lipinski definition) is 1. The highest BCUT2D eigenvalue weighted by Crippen LogP contribution is 2.46. The standard InChI is InChI=1S/C18H23N3S.ClH/c1-3-20(4-2)13-8-14-21-15-9-5-6-10-16(15)22-17-11-7-12-19-18(17)21;/h5-7,9-12H,3-4,8,13-14H2,1-2H3;1H. The van der Waals surface area contributed by atoms with Crippen LogP contribution in [-0.2, 0) is 0 Å². The molecule has 0 saturated carbocycles. The van der Waals surface area contributed by atoms with E-state index in [9.17, 15) is 0 Å². The number of rotatable bonds is 6. The van der Waals surface area contributed by atoms with Crippen molar-refractivity contribution in [2.24, 2.45) is 0 Å². The molecule has 0 saturated heterocycles. The van der Waals surface area contributed by atoms with E-state index in [1.165, 1.54) is 41.5 Å². The van der Waals surface area contributed by atoms with Crippen molar-refractivity contribution in [3.63, 3.8) is 0 Å². The number of benzene rings is 1. The second-order valence-electron chi connectivity index (χ2n) is 5.61. The van der Waals surface area contributed by atoms with Crippen molar-refractivity contribution in [1.29, 1.82) is 0 Å². The molecule has 1 N–H and O–H groups in total. The van der Waals surface area contributed by atoms with E-state index in [2.05, 4.69) is 54.1 Å². The van der Waals surface area contributed by atoms with Gasteiger partial charge in [-0.2, -0.15) is 0 Å². The SMILES string of the molecule is CC[NH+](CC)CCCN1c2ccccc2Sc2cccnc21.[Cl-]. The van der Waals surface area contributed by atoms with Gasteiger partial charge < -0.3 is 22.2 Å². The molecule has 1 aliphatic heterocycles. The number of quaternary nitrogens is 1. The Morgan fingerprint density at radius 1 is 1.04 bits per heavy atom. The Labute approximate surface area is 149 Å². The molecule has 0 bridgehead atoms. The quantitative estimate of drug-likeness (QED) is 0.793. The maximum Gasteiger partial charge on any atom is 0.147 e. The third kappa shape index (κ3) is 4.00. The fraction of sp³-hybridized carbons (Fsp3) is 0.389. The van der Waals surface area contributed by atoms with Crippen LogP contribution in [0.1, 0.15) is 20.3 Å². The number of hydrogen-bond acceptors (Lipinski definition) is 3. The topological polar surface area (TPSA) is 20.6 Å². The van der Waals surface area contributed by atoms with Gasteiger partial charge in [0.1, 0.15) is 5.82 Å². The third-order valence-electron chi connectivity index (χ3n) is 4.29. The van der Waals surface area contributed by atoms with Crippen molar-refractivity contribution in [3.05, 3.63) is 42.6 Å². The molecule has 0 radical (unpaired) electrons. The van der Waals surface area contributed by atoms with Gasteiger partial charge in [-0.05, 0) is 38.1 Å². The lowest BCUT2D eigenvalue weighted by Crippen LogP contribution is -3.11. The number of nitrogens with one attached hydrogen (secondary N) is 1. The smallest absolute Gasteiger partial charge is 0.147 e. The molecule has 2 heterocycles. The van der Waals surface area contributed by atoms with Crippen molar-refractivity contribution in [1.82, 2.24) is 4.98 Å². The molecule has 0 unspecified atom stereocenters. The Hall–Kier alpha value is -1.23. The molecule has 5 heteroatoms. The van der Waals surface area contributed by atoms with E-state index in [-0.39, 0.29) is 12.4 Å². The van der Waals surface area contributed by atoms with Crippen molar-refractivity contribution in [3.8, 4) is 0 Å². The number of halogens is 1. The molecule has 23 heavy (non-hydrogen) atoms. The molecule has 0 spiro atoms. The van der Waals surface area contributed by atoms with Gasteiger partial charge in [0.25, 0.3) is 0 Å². The Morgan fingerprint density at radius 2 is 1.78 bits per heavy atom. The normalized spacial score (nSPS) is 12.6. The van der Waals surface area contributed by atoms with Gasteiger partial charge in [-0.3, -0.25) is 0 Å². The number of para-hydroxylation sites is 1. The molecule has 124 valence electrons. The molecular formula is C18H24ClN3S. The van der Waals surface area contributed by atoms with Gasteiger partial charge >= 0.3 is 0 Å². The maximum atomic E-state index is 4.64. The zero-order valence-electron chi connectivity index (χ0n) is 13.8. The summed E-state index contributed by atoms with van der Waals surface area (Å²) in [5.74, 6) is 1.11. The summed E-state index contributed by atoms with van der Waals surface area (Å²) in [4.78, 5) is 11.3. The summed E-state index contributed by atoms with van der Waals surface area (Å²) < 4.78 is 0. The lowest BCUT2D eigenvalue weighted by atomic mass is 10.2. The van der Waals surface area contributed by atoms with Crippen LogP contribution in [0.5, 0.6) is 0 Å². The number of nitrogens with zero attached hydrogens (tertiary/aromatic N) is 2. The molecule has 0 atom stereocenters. The maximum absolute atomic E-state index is 4.64. The summed E-state index contributed by atoms with van der Waals surface area (Å²) in [5.41, 5.74) is 1.30. The lowest BCUT2D eigenvalue weighted by molar-refractivity contribution is -0.896.